The predicted molar refractivity (Wildman–Crippen MR) is 243 cm³/mol. The van der Waals surface area contributed by atoms with Gasteiger partial charge in [0.2, 0.25) is 0 Å². The lowest BCUT2D eigenvalue weighted by atomic mass is 9.80. The lowest BCUT2D eigenvalue weighted by Gasteiger charge is -2.23. The molecule has 11 aromatic rings. The Hall–Kier alpha value is -7.48. The Bertz CT molecular complexity index is 3210. The summed E-state index contributed by atoms with van der Waals surface area (Å²) in [5.74, 6) is 0. The minimum atomic E-state index is 1.16. The van der Waals surface area contributed by atoms with E-state index < -0.39 is 0 Å². The summed E-state index contributed by atoms with van der Waals surface area (Å²) < 4.78 is 2.42. The zero-order valence-corrected chi connectivity index (χ0v) is 31.3. The van der Waals surface area contributed by atoms with Gasteiger partial charge in [0.05, 0.1) is 11.0 Å². The number of aromatic nitrogens is 1. The highest BCUT2D eigenvalue weighted by atomic mass is 15.0. The van der Waals surface area contributed by atoms with Crippen molar-refractivity contribution < 1.29 is 0 Å². The van der Waals surface area contributed by atoms with Gasteiger partial charge < -0.3 is 4.57 Å². The molecule has 1 heteroatoms. The third kappa shape index (κ3) is 5.39. The molecule has 0 N–H and O–H groups in total. The summed E-state index contributed by atoms with van der Waals surface area (Å²) in [6, 6.07) is 82.0. The molecular weight excluding hydrogens is 687 g/mol. The van der Waals surface area contributed by atoms with Gasteiger partial charge in [-0.2, -0.15) is 0 Å². The minimum Gasteiger partial charge on any atom is -0.309 e. The van der Waals surface area contributed by atoms with Crippen LogP contribution in [0.1, 0.15) is 0 Å². The van der Waals surface area contributed by atoms with E-state index in [1.54, 1.807) is 0 Å². The fourth-order valence-corrected chi connectivity index (χ4v) is 9.17. The highest BCUT2D eigenvalue weighted by molar-refractivity contribution is 6.24. The van der Waals surface area contributed by atoms with Crippen LogP contribution in [0.3, 0.4) is 0 Å². The van der Waals surface area contributed by atoms with Crippen LogP contribution in [0.2, 0.25) is 0 Å². The van der Waals surface area contributed by atoms with Gasteiger partial charge in [0, 0.05) is 16.5 Å². The molecule has 0 saturated carbocycles. The third-order valence-corrected chi connectivity index (χ3v) is 11.6. The SMILES string of the molecule is c1ccc(-c2ccccc2-c2c3ccccc3c(-c3c(-c4ccccc4)cccc3-c3ccc4c5ccccc5n(-c5ccccc5)c4c3)c3ccccc23)cc1. The molecule has 10 aromatic carbocycles. The first-order chi connectivity index (χ1) is 28.3. The number of hydrogen-bond acceptors (Lipinski definition) is 0. The molecule has 0 saturated heterocycles. The smallest absolute Gasteiger partial charge is 0.0547 e. The van der Waals surface area contributed by atoms with E-state index >= 15 is 0 Å². The van der Waals surface area contributed by atoms with Gasteiger partial charge in [-0.05, 0) is 101 Å². The van der Waals surface area contributed by atoms with Gasteiger partial charge in [-0.1, -0.05) is 200 Å². The first kappa shape index (κ1) is 32.9. The lowest BCUT2D eigenvalue weighted by Crippen LogP contribution is -1.96. The molecule has 1 aromatic heterocycles. The molecular formula is C56H37N. The quantitative estimate of drug-likeness (QED) is 0.151. The van der Waals surface area contributed by atoms with Crippen molar-refractivity contribution in [3.8, 4) is 61.3 Å². The van der Waals surface area contributed by atoms with E-state index in [0.717, 1.165) is 5.69 Å². The number of rotatable bonds is 6. The Morgan fingerprint density at radius 1 is 0.228 bits per heavy atom. The van der Waals surface area contributed by atoms with Crippen LogP contribution in [0.5, 0.6) is 0 Å². The molecule has 0 aliphatic heterocycles. The normalized spacial score (nSPS) is 11.5. The van der Waals surface area contributed by atoms with E-state index in [0.29, 0.717) is 0 Å². The summed E-state index contributed by atoms with van der Waals surface area (Å²) in [7, 11) is 0. The van der Waals surface area contributed by atoms with E-state index in [1.165, 1.54) is 99.0 Å². The van der Waals surface area contributed by atoms with Crippen LogP contribution >= 0.6 is 0 Å². The molecule has 0 aliphatic carbocycles. The van der Waals surface area contributed by atoms with Crippen LogP contribution in [0.4, 0.5) is 0 Å². The topological polar surface area (TPSA) is 4.93 Å². The maximum atomic E-state index is 2.42. The zero-order valence-electron chi connectivity index (χ0n) is 31.3. The van der Waals surface area contributed by atoms with Crippen molar-refractivity contribution in [2.24, 2.45) is 0 Å². The molecule has 1 heterocycles. The average Bonchev–Trinajstić information content (AvgIpc) is 3.62. The maximum Gasteiger partial charge on any atom is 0.0547 e. The summed E-state index contributed by atoms with van der Waals surface area (Å²) in [5, 5.41) is 7.45. The van der Waals surface area contributed by atoms with Gasteiger partial charge in [-0.15, -0.1) is 0 Å². The highest BCUT2D eigenvalue weighted by Gasteiger charge is 2.23. The fraction of sp³-hybridized carbons (Fsp3) is 0. The standard InChI is InChI=1S/C56H37N/c1-4-19-38(20-5-1)42-25-10-11-27-47(42)54-48-28-12-14-30-50(48)56(51-31-15-13-29-49(51)54)55-43(39-21-6-2-7-22-39)32-18-33-44(55)40-35-36-46-45-26-16-17-34-52(45)57(53(46)37-40)41-23-8-3-9-24-41/h1-37H. The first-order valence-corrected chi connectivity index (χ1v) is 19.7. The maximum absolute atomic E-state index is 2.42. The first-order valence-electron chi connectivity index (χ1n) is 19.7. The molecule has 0 fully saturated rings. The van der Waals surface area contributed by atoms with Crippen molar-refractivity contribution in [2.75, 3.05) is 0 Å². The van der Waals surface area contributed by atoms with Crippen molar-refractivity contribution in [1.29, 1.82) is 0 Å². The molecule has 11 rings (SSSR count). The Morgan fingerprint density at radius 2 is 0.667 bits per heavy atom. The van der Waals surface area contributed by atoms with Gasteiger partial charge in [0.1, 0.15) is 0 Å². The third-order valence-electron chi connectivity index (χ3n) is 11.6. The van der Waals surface area contributed by atoms with Crippen molar-refractivity contribution in [1.82, 2.24) is 4.57 Å². The molecule has 1 nitrogen and oxygen atoms in total. The monoisotopic (exact) mass is 723 g/mol. The largest absolute Gasteiger partial charge is 0.309 e. The summed E-state index contributed by atoms with van der Waals surface area (Å²) in [4.78, 5) is 0. The van der Waals surface area contributed by atoms with Gasteiger partial charge in [-0.25, -0.2) is 0 Å². The van der Waals surface area contributed by atoms with E-state index in [-0.39, 0.29) is 0 Å². The zero-order chi connectivity index (χ0) is 37.7. The lowest BCUT2D eigenvalue weighted by molar-refractivity contribution is 1.18. The minimum absolute atomic E-state index is 1.16. The van der Waals surface area contributed by atoms with Gasteiger partial charge in [-0.3, -0.25) is 0 Å². The fourth-order valence-electron chi connectivity index (χ4n) is 9.17. The van der Waals surface area contributed by atoms with Crippen LogP contribution in [-0.2, 0) is 0 Å². The molecule has 0 unspecified atom stereocenters. The predicted octanol–water partition coefficient (Wildman–Crippen LogP) is 15.4. The molecule has 0 radical (unpaired) electrons. The summed E-state index contributed by atoms with van der Waals surface area (Å²) in [6.07, 6.45) is 0. The molecule has 0 amide bonds. The molecule has 0 aliphatic rings. The Labute approximate surface area is 332 Å². The van der Waals surface area contributed by atoms with Gasteiger partial charge >= 0.3 is 0 Å². The Balaban J connectivity index is 1.25. The molecule has 0 spiro atoms. The van der Waals surface area contributed by atoms with Gasteiger partial charge in [0.15, 0.2) is 0 Å². The van der Waals surface area contributed by atoms with Crippen LogP contribution in [-0.4, -0.2) is 4.57 Å². The van der Waals surface area contributed by atoms with Gasteiger partial charge in [0.25, 0.3) is 0 Å². The molecule has 266 valence electrons. The van der Waals surface area contributed by atoms with E-state index in [4.69, 9.17) is 0 Å². The highest BCUT2D eigenvalue weighted by Crippen LogP contribution is 2.50. The summed E-state index contributed by atoms with van der Waals surface area (Å²) in [5.41, 5.74) is 15.8. The van der Waals surface area contributed by atoms with Crippen molar-refractivity contribution in [3.63, 3.8) is 0 Å². The van der Waals surface area contributed by atoms with Crippen LogP contribution < -0.4 is 0 Å². The van der Waals surface area contributed by atoms with Crippen molar-refractivity contribution in [3.05, 3.63) is 224 Å². The van der Waals surface area contributed by atoms with Crippen molar-refractivity contribution in [2.45, 2.75) is 0 Å². The van der Waals surface area contributed by atoms with Crippen molar-refractivity contribution >= 4 is 43.4 Å². The second kappa shape index (κ2) is 13.7. The van der Waals surface area contributed by atoms with E-state index in [9.17, 15) is 0 Å². The number of nitrogens with zero attached hydrogens (tertiary/aromatic N) is 1. The van der Waals surface area contributed by atoms with Crippen LogP contribution in [0.25, 0.3) is 105 Å². The van der Waals surface area contributed by atoms with Crippen LogP contribution in [0.15, 0.2) is 224 Å². The van der Waals surface area contributed by atoms with E-state index in [1.807, 2.05) is 0 Å². The summed E-state index contributed by atoms with van der Waals surface area (Å²) >= 11 is 0. The molecule has 57 heavy (non-hydrogen) atoms. The second-order valence-corrected chi connectivity index (χ2v) is 14.8. The number of para-hydroxylation sites is 2. The number of hydrogen-bond donors (Lipinski definition) is 0. The summed E-state index contributed by atoms with van der Waals surface area (Å²) in [6.45, 7) is 0. The number of benzene rings is 10. The Kier molecular flexibility index (Phi) is 7.89. The number of fused-ring (bicyclic) bond motifs is 5. The Morgan fingerprint density at radius 3 is 1.30 bits per heavy atom. The molecule has 0 bridgehead atoms. The average molecular weight is 724 g/mol. The molecule has 0 atom stereocenters. The van der Waals surface area contributed by atoms with E-state index in [2.05, 4.69) is 229 Å². The second-order valence-electron chi connectivity index (χ2n) is 14.8. The van der Waals surface area contributed by atoms with Crippen LogP contribution in [0, 0.1) is 0 Å².